The fourth-order valence-electron chi connectivity index (χ4n) is 2.39. The molecule has 1 aromatic heterocycles. The molecule has 0 saturated heterocycles. The Hall–Kier alpha value is -0.910. The van der Waals surface area contributed by atoms with Gasteiger partial charge in [0.15, 0.2) is 5.78 Å². The highest BCUT2D eigenvalue weighted by Gasteiger charge is 2.04. The number of rotatable bonds is 10. The van der Waals surface area contributed by atoms with Gasteiger partial charge in [0, 0.05) is 0 Å². The van der Waals surface area contributed by atoms with E-state index in [1.165, 1.54) is 32.4 Å². The Kier molecular flexibility index (Phi) is 8.93. The van der Waals surface area contributed by atoms with E-state index < -0.39 is 0 Å². The predicted molar refractivity (Wildman–Crippen MR) is 114 cm³/mol. The molecule has 2 nitrogen and oxygen atoms in total. The van der Waals surface area contributed by atoms with Crippen LogP contribution in [-0.4, -0.2) is 12.4 Å². The molecule has 0 atom stereocenters. The molecule has 0 aliphatic rings. The van der Waals surface area contributed by atoms with Crippen molar-refractivity contribution in [3.8, 4) is 5.75 Å². The maximum Gasteiger partial charge on any atom is 0.152 e. The minimum Gasteiger partial charge on any atom is -0.494 e. The molecular weight excluding hydrogens is 464 g/mol. The summed E-state index contributed by atoms with van der Waals surface area (Å²) in [6.45, 7) is 2.29. The predicted octanol–water partition coefficient (Wildman–Crippen LogP) is 7.06. The number of halogens is 2. The Labute approximate surface area is 170 Å². The van der Waals surface area contributed by atoms with Crippen LogP contribution in [0.4, 0.5) is 0 Å². The summed E-state index contributed by atoms with van der Waals surface area (Å²) in [5.41, 5.74) is 2.40. The molecule has 0 N–H and O–H groups in total. The molecule has 2 rings (SSSR count). The summed E-state index contributed by atoms with van der Waals surface area (Å²) < 4.78 is 8.20. The molecule has 134 valence electrons. The zero-order valence-corrected chi connectivity index (χ0v) is 18.3. The number of thiophene rings is 1. The molecule has 0 saturated carbocycles. The van der Waals surface area contributed by atoms with Crippen molar-refractivity contribution in [3.63, 3.8) is 0 Å². The number of carbonyl (C=O) groups is 1. The first-order valence-corrected chi connectivity index (χ1v) is 10.8. The number of hydrogen-bond donors (Lipinski definition) is 0. The Morgan fingerprint density at radius 3 is 2.48 bits per heavy atom. The SMILES string of the molecule is CC(=O)/C=C/c1ccc(OCCCCCCc2cc(Br)sc2Br)cc1. The van der Waals surface area contributed by atoms with Crippen LogP contribution >= 0.6 is 43.2 Å². The third-order valence-electron chi connectivity index (χ3n) is 3.73. The standard InChI is InChI=1S/C20H22Br2O2S/c1-15(23)7-8-16-9-11-18(12-10-16)24-13-5-3-2-4-6-17-14-19(21)25-20(17)22/h7-12,14H,2-6,13H2,1H3/b8-7+. The van der Waals surface area contributed by atoms with E-state index in [1.54, 1.807) is 24.3 Å². The van der Waals surface area contributed by atoms with Crippen molar-refractivity contribution in [3.05, 3.63) is 55.1 Å². The maximum absolute atomic E-state index is 10.9. The lowest BCUT2D eigenvalue weighted by molar-refractivity contribution is -0.112. The molecule has 0 spiro atoms. The lowest BCUT2D eigenvalue weighted by atomic mass is 10.1. The van der Waals surface area contributed by atoms with E-state index in [4.69, 9.17) is 4.74 Å². The Morgan fingerprint density at radius 2 is 1.84 bits per heavy atom. The summed E-state index contributed by atoms with van der Waals surface area (Å²) in [5, 5.41) is 0. The smallest absolute Gasteiger partial charge is 0.152 e. The van der Waals surface area contributed by atoms with Crippen LogP contribution in [0, 0.1) is 0 Å². The normalized spacial score (nSPS) is 11.2. The van der Waals surface area contributed by atoms with Crippen molar-refractivity contribution in [2.75, 3.05) is 6.61 Å². The van der Waals surface area contributed by atoms with E-state index in [1.807, 2.05) is 30.3 Å². The van der Waals surface area contributed by atoms with E-state index in [9.17, 15) is 4.79 Å². The first-order chi connectivity index (χ1) is 12.0. The number of aryl methyl sites for hydroxylation is 1. The highest BCUT2D eigenvalue weighted by molar-refractivity contribution is 9.12. The molecule has 0 aliphatic heterocycles. The molecule has 0 fully saturated rings. The summed E-state index contributed by atoms with van der Waals surface area (Å²) in [6.07, 6.45) is 9.19. The number of benzene rings is 1. The maximum atomic E-state index is 10.9. The van der Waals surface area contributed by atoms with Gasteiger partial charge in [0.25, 0.3) is 0 Å². The van der Waals surface area contributed by atoms with Crippen molar-refractivity contribution >= 4 is 55.1 Å². The second-order valence-electron chi connectivity index (χ2n) is 5.88. The largest absolute Gasteiger partial charge is 0.494 e. The third kappa shape index (κ3) is 7.89. The van der Waals surface area contributed by atoms with Crippen LogP contribution in [0.2, 0.25) is 0 Å². The van der Waals surface area contributed by atoms with Crippen LogP contribution < -0.4 is 4.74 Å². The Balaban J connectivity index is 1.58. The number of ether oxygens (including phenoxy) is 1. The molecule has 2 aromatic rings. The summed E-state index contributed by atoms with van der Waals surface area (Å²) in [5.74, 6) is 0.936. The average molecular weight is 486 g/mol. The molecule has 0 radical (unpaired) electrons. The van der Waals surface area contributed by atoms with E-state index in [2.05, 4.69) is 37.9 Å². The summed E-state index contributed by atoms with van der Waals surface area (Å²) in [4.78, 5) is 10.9. The fourth-order valence-corrected chi connectivity index (χ4v) is 5.31. The van der Waals surface area contributed by atoms with Gasteiger partial charge in [-0.05, 0) is 93.4 Å². The molecule has 0 unspecified atom stereocenters. The first-order valence-electron chi connectivity index (χ1n) is 8.40. The number of hydrogen-bond acceptors (Lipinski definition) is 3. The minimum atomic E-state index is 0.0549. The van der Waals surface area contributed by atoms with Crippen molar-refractivity contribution in [1.82, 2.24) is 0 Å². The Bertz CT molecular complexity index is 705. The highest BCUT2D eigenvalue weighted by Crippen LogP contribution is 2.32. The quantitative estimate of drug-likeness (QED) is 0.266. The lowest BCUT2D eigenvalue weighted by Gasteiger charge is -2.06. The van der Waals surface area contributed by atoms with Gasteiger partial charge < -0.3 is 4.74 Å². The van der Waals surface area contributed by atoms with E-state index >= 15 is 0 Å². The van der Waals surface area contributed by atoms with Gasteiger partial charge in [0.05, 0.1) is 14.2 Å². The van der Waals surface area contributed by atoms with Gasteiger partial charge in [-0.1, -0.05) is 31.1 Å². The highest BCUT2D eigenvalue weighted by atomic mass is 79.9. The van der Waals surface area contributed by atoms with Crippen molar-refractivity contribution in [2.45, 2.75) is 39.0 Å². The van der Waals surface area contributed by atoms with Gasteiger partial charge in [-0.25, -0.2) is 0 Å². The van der Waals surface area contributed by atoms with Crippen LogP contribution in [0.15, 0.2) is 44.0 Å². The summed E-state index contributed by atoms with van der Waals surface area (Å²) >= 11 is 8.86. The molecule has 0 amide bonds. The average Bonchev–Trinajstić information content (AvgIpc) is 2.90. The number of allylic oxidation sites excluding steroid dienone is 1. The second kappa shape index (κ2) is 10.9. The van der Waals surface area contributed by atoms with Crippen molar-refractivity contribution in [2.24, 2.45) is 0 Å². The number of carbonyl (C=O) groups excluding carboxylic acids is 1. The lowest BCUT2D eigenvalue weighted by Crippen LogP contribution is -1.97. The molecule has 1 heterocycles. The number of ketones is 1. The van der Waals surface area contributed by atoms with E-state index in [0.717, 1.165) is 30.8 Å². The summed E-state index contributed by atoms with van der Waals surface area (Å²) in [6, 6.07) is 10.0. The third-order valence-corrected chi connectivity index (χ3v) is 6.19. The van der Waals surface area contributed by atoms with E-state index in [-0.39, 0.29) is 5.78 Å². The second-order valence-corrected chi connectivity index (χ2v) is 9.62. The van der Waals surface area contributed by atoms with Gasteiger partial charge in [-0.15, -0.1) is 11.3 Å². The van der Waals surface area contributed by atoms with E-state index in [0.29, 0.717) is 0 Å². The fraction of sp³-hybridized carbons (Fsp3) is 0.350. The molecular formula is C20H22Br2O2S. The van der Waals surface area contributed by atoms with Crippen LogP contribution in [0.5, 0.6) is 5.75 Å². The van der Waals surface area contributed by atoms with Gasteiger partial charge in [-0.3, -0.25) is 4.79 Å². The molecule has 0 aliphatic carbocycles. The first kappa shape index (κ1) is 20.4. The Morgan fingerprint density at radius 1 is 1.12 bits per heavy atom. The van der Waals surface area contributed by atoms with Crippen LogP contribution in [0.1, 0.15) is 43.7 Å². The van der Waals surface area contributed by atoms with Crippen molar-refractivity contribution in [1.29, 1.82) is 0 Å². The summed E-state index contributed by atoms with van der Waals surface area (Å²) in [7, 11) is 0. The molecule has 5 heteroatoms. The van der Waals surface area contributed by atoms with Gasteiger partial charge in [0.1, 0.15) is 5.75 Å². The van der Waals surface area contributed by atoms with Gasteiger partial charge in [0.2, 0.25) is 0 Å². The van der Waals surface area contributed by atoms with Crippen molar-refractivity contribution < 1.29 is 9.53 Å². The van der Waals surface area contributed by atoms with Crippen LogP contribution in [-0.2, 0) is 11.2 Å². The van der Waals surface area contributed by atoms with Crippen LogP contribution in [0.25, 0.3) is 6.08 Å². The number of unbranched alkanes of at least 4 members (excludes halogenated alkanes) is 3. The van der Waals surface area contributed by atoms with Gasteiger partial charge >= 0.3 is 0 Å². The minimum absolute atomic E-state index is 0.0549. The zero-order valence-electron chi connectivity index (χ0n) is 14.3. The topological polar surface area (TPSA) is 26.3 Å². The monoisotopic (exact) mass is 484 g/mol. The zero-order chi connectivity index (χ0) is 18.1. The molecule has 0 bridgehead atoms. The van der Waals surface area contributed by atoms with Crippen LogP contribution in [0.3, 0.4) is 0 Å². The molecule has 1 aromatic carbocycles. The molecule has 25 heavy (non-hydrogen) atoms. The van der Waals surface area contributed by atoms with Gasteiger partial charge in [-0.2, -0.15) is 0 Å².